The Labute approximate surface area is 183 Å². The highest BCUT2D eigenvalue weighted by Gasteiger charge is 2.33. The fourth-order valence-electron chi connectivity index (χ4n) is 3.41. The van der Waals surface area contributed by atoms with Crippen LogP contribution in [0.3, 0.4) is 0 Å². The lowest BCUT2D eigenvalue weighted by Gasteiger charge is -2.22. The quantitative estimate of drug-likeness (QED) is 0.268. The van der Waals surface area contributed by atoms with Crippen molar-refractivity contribution in [3.05, 3.63) is 57.0 Å². The number of rotatable bonds is 2. The normalized spacial score (nSPS) is 12.7. The van der Waals surface area contributed by atoms with Crippen LogP contribution in [0.5, 0.6) is 0 Å². The van der Waals surface area contributed by atoms with E-state index in [2.05, 4.69) is 26.8 Å². The van der Waals surface area contributed by atoms with Crippen LogP contribution in [0.4, 0.5) is 17.6 Å². The van der Waals surface area contributed by atoms with Crippen LogP contribution in [0.15, 0.2) is 12.1 Å². The summed E-state index contributed by atoms with van der Waals surface area (Å²) in [5, 5.41) is 0. The Morgan fingerprint density at radius 2 is 1.10 bits per heavy atom. The number of aryl methyl sites for hydroxylation is 2. The maximum Gasteiger partial charge on any atom is 0.170 e. The third kappa shape index (κ3) is 3.84. The maximum absolute atomic E-state index is 14.9. The first-order chi connectivity index (χ1) is 13.6. The highest BCUT2D eigenvalue weighted by molar-refractivity contribution is 7.24. The van der Waals surface area contributed by atoms with Crippen LogP contribution in [-0.4, -0.2) is 0 Å². The van der Waals surface area contributed by atoms with Crippen LogP contribution in [0.2, 0.25) is 0 Å². The zero-order valence-corrected chi connectivity index (χ0v) is 20.1. The SMILES string of the molecule is Cc1cc(-c2c(F)c(F)c(C(C)(C)C)c(F)c2F)sc1-c1sc(C(C)(C)C)cc1C. The van der Waals surface area contributed by atoms with Gasteiger partial charge in [0.25, 0.3) is 0 Å². The van der Waals surface area contributed by atoms with Crippen molar-refractivity contribution < 1.29 is 17.6 Å². The molecule has 30 heavy (non-hydrogen) atoms. The molecule has 0 aliphatic carbocycles. The molecule has 0 radical (unpaired) electrons. The van der Waals surface area contributed by atoms with Gasteiger partial charge in [-0.1, -0.05) is 41.5 Å². The Kier molecular flexibility index (Phi) is 5.74. The minimum absolute atomic E-state index is 0.0189. The summed E-state index contributed by atoms with van der Waals surface area (Å²) in [5.74, 6) is -5.34. The lowest BCUT2D eigenvalue weighted by Crippen LogP contribution is -2.19. The fraction of sp³-hybridized carbons (Fsp3) is 0.417. The zero-order chi connectivity index (χ0) is 22.8. The molecule has 0 aliphatic heterocycles. The Morgan fingerprint density at radius 1 is 0.633 bits per heavy atom. The summed E-state index contributed by atoms with van der Waals surface area (Å²) in [6.07, 6.45) is 0. The van der Waals surface area contributed by atoms with E-state index in [0.717, 1.165) is 32.2 Å². The second kappa shape index (κ2) is 7.49. The summed E-state index contributed by atoms with van der Waals surface area (Å²) in [4.78, 5) is 3.26. The molecule has 0 saturated heterocycles. The molecule has 0 N–H and O–H groups in total. The average molecular weight is 455 g/mol. The topological polar surface area (TPSA) is 0 Å². The predicted octanol–water partition coefficient (Wildman–Crippen LogP) is 8.91. The van der Waals surface area contributed by atoms with Gasteiger partial charge in [0.1, 0.15) is 0 Å². The number of hydrogen-bond acceptors (Lipinski definition) is 2. The monoisotopic (exact) mass is 454 g/mol. The zero-order valence-electron chi connectivity index (χ0n) is 18.5. The van der Waals surface area contributed by atoms with E-state index in [1.165, 1.54) is 25.6 Å². The number of benzene rings is 1. The predicted molar refractivity (Wildman–Crippen MR) is 120 cm³/mol. The van der Waals surface area contributed by atoms with Gasteiger partial charge in [-0.05, 0) is 47.9 Å². The molecule has 0 nitrogen and oxygen atoms in total. The molecular formula is C24H26F4S2. The van der Waals surface area contributed by atoms with Gasteiger partial charge in [-0.25, -0.2) is 17.6 Å². The third-order valence-electron chi connectivity index (χ3n) is 5.04. The van der Waals surface area contributed by atoms with Crippen molar-refractivity contribution in [3.63, 3.8) is 0 Å². The lowest BCUT2D eigenvalue weighted by atomic mass is 9.85. The molecule has 162 valence electrons. The molecular weight excluding hydrogens is 428 g/mol. The minimum Gasteiger partial charge on any atom is -0.203 e. The number of hydrogen-bond donors (Lipinski definition) is 0. The first kappa shape index (κ1) is 23.0. The summed E-state index contributed by atoms with van der Waals surface area (Å²) in [5.41, 5.74) is -0.402. The van der Waals surface area contributed by atoms with Crippen molar-refractivity contribution in [2.45, 2.75) is 66.2 Å². The first-order valence-electron chi connectivity index (χ1n) is 9.73. The van der Waals surface area contributed by atoms with Crippen molar-refractivity contribution in [2.24, 2.45) is 0 Å². The molecule has 0 fully saturated rings. The Bertz CT molecular complexity index is 1090. The number of halogens is 4. The number of thiophene rings is 2. The molecule has 2 heterocycles. The van der Waals surface area contributed by atoms with Gasteiger partial charge < -0.3 is 0 Å². The molecule has 2 aromatic heterocycles. The highest BCUT2D eigenvalue weighted by atomic mass is 32.1. The largest absolute Gasteiger partial charge is 0.203 e. The van der Waals surface area contributed by atoms with E-state index in [4.69, 9.17) is 0 Å². The van der Waals surface area contributed by atoms with E-state index >= 15 is 0 Å². The lowest BCUT2D eigenvalue weighted by molar-refractivity contribution is 0.407. The Hall–Kier alpha value is -1.66. The molecule has 6 heteroatoms. The molecule has 3 rings (SSSR count). The highest BCUT2D eigenvalue weighted by Crippen LogP contribution is 2.46. The molecule has 0 aliphatic rings. The van der Waals surface area contributed by atoms with Crippen LogP contribution >= 0.6 is 22.7 Å². The van der Waals surface area contributed by atoms with E-state index in [9.17, 15) is 17.6 Å². The molecule has 1 aromatic carbocycles. The van der Waals surface area contributed by atoms with Crippen LogP contribution in [0.1, 0.15) is 63.1 Å². The van der Waals surface area contributed by atoms with Crippen LogP contribution < -0.4 is 0 Å². The molecule has 0 atom stereocenters. The summed E-state index contributed by atoms with van der Waals surface area (Å²) in [7, 11) is 0. The molecule has 3 aromatic rings. The van der Waals surface area contributed by atoms with Crippen molar-refractivity contribution >= 4 is 22.7 Å². The Balaban J connectivity index is 2.21. The van der Waals surface area contributed by atoms with Gasteiger partial charge in [-0.3, -0.25) is 0 Å². The molecule has 0 amide bonds. The van der Waals surface area contributed by atoms with Gasteiger partial charge >= 0.3 is 0 Å². The smallest absolute Gasteiger partial charge is 0.170 e. The molecule has 0 saturated carbocycles. The second-order valence-corrected chi connectivity index (χ2v) is 11.9. The first-order valence-corrected chi connectivity index (χ1v) is 11.4. The third-order valence-corrected chi connectivity index (χ3v) is 8.12. The van der Waals surface area contributed by atoms with E-state index in [-0.39, 0.29) is 10.3 Å². The Morgan fingerprint density at radius 3 is 1.53 bits per heavy atom. The molecule has 0 bridgehead atoms. The maximum atomic E-state index is 14.9. The molecule has 0 unspecified atom stereocenters. The van der Waals surface area contributed by atoms with Gasteiger partial charge in [0.05, 0.1) is 5.56 Å². The van der Waals surface area contributed by atoms with E-state index in [1.807, 2.05) is 13.8 Å². The van der Waals surface area contributed by atoms with Crippen molar-refractivity contribution in [1.29, 1.82) is 0 Å². The summed E-state index contributed by atoms with van der Waals surface area (Å²) < 4.78 is 59.3. The van der Waals surface area contributed by atoms with Gasteiger partial charge in [0.2, 0.25) is 0 Å². The average Bonchev–Trinajstić information content (AvgIpc) is 3.15. The van der Waals surface area contributed by atoms with Gasteiger partial charge in [-0.2, -0.15) is 0 Å². The second-order valence-electron chi connectivity index (χ2n) is 9.75. The van der Waals surface area contributed by atoms with Gasteiger partial charge in [0, 0.05) is 25.1 Å². The van der Waals surface area contributed by atoms with Crippen molar-refractivity contribution in [1.82, 2.24) is 0 Å². The van der Waals surface area contributed by atoms with Gasteiger partial charge in [0.15, 0.2) is 23.3 Å². The van der Waals surface area contributed by atoms with Gasteiger partial charge in [-0.15, -0.1) is 22.7 Å². The van der Waals surface area contributed by atoms with Crippen LogP contribution in [-0.2, 0) is 10.8 Å². The van der Waals surface area contributed by atoms with E-state index in [0.29, 0.717) is 0 Å². The molecule has 0 spiro atoms. The summed E-state index contributed by atoms with van der Waals surface area (Å²) in [6.45, 7) is 14.8. The summed E-state index contributed by atoms with van der Waals surface area (Å²) >= 11 is 2.80. The van der Waals surface area contributed by atoms with Crippen molar-refractivity contribution in [3.8, 4) is 20.2 Å². The fourth-order valence-corrected chi connectivity index (χ4v) is 6.11. The summed E-state index contributed by atoms with van der Waals surface area (Å²) in [6, 6.07) is 3.73. The van der Waals surface area contributed by atoms with E-state index < -0.39 is 39.8 Å². The van der Waals surface area contributed by atoms with E-state index in [1.54, 1.807) is 17.4 Å². The minimum atomic E-state index is -1.34. The van der Waals surface area contributed by atoms with Crippen LogP contribution in [0.25, 0.3) is 20.2 Å². The van der Waals surface area contributed by atoms with Crippen molar-refractivity contribution in [2.75, 3.05) is 0 Å². The van der Waals surface area contributed by atoms with Crippen LogP contribution in [0, 0.1) is 37.1 Å². The standard InChI is InChI=1S/C24H26F4S2/c1-11-9-13(29-21(11)22-12(2)10-14(30-22)23(3,4)5)15-17(25)19(27)16(24(6,7)8)20(28)18(15)26/h9-10H,1-8H3.